The van der Waals surface area contributed by atoms with Crippen molar-refractivity contribution in [3.05, 3.63) is 96.1 Å². The molecule has 0 aliphatic rings. The molecule has 0 fully saturated rings. The molecule has 4 rings (SSSR count). The molecular weight excluding hydrogens is 449 g/mol. The summed E-state index contributed by atoms with van der Waals surface area (Å²) in [5, 5.41) is 11.5. The Morgan fingerprint density at radius 2 is 1.61 bits per heavy atom. The third-order valence-corrected chi connectivity index (χ3v) is 5.69. The summed E-state index contributed by atoms with van der Waals surface area (Å²) < 4.78 is 41.5. The van der Waals surface area contributed by atoms with Gasteiger partial charge in [0.25, 0.3) is 0 Å². The number of amides is 1. The number of halogens is 3. The van der Waals surface area contributed by atoms with E-state index in [1.165, 1.54) is 6.07 Å². The maximum Gasteiger partial charge on any atom is 0.416 e. The summed E-state index contributed by atoms with van der Waals surface area (Å²) in [5.74, 6) is 0.212. The van der Waals surface area contributed by atoms with Gasteiger partial charge in [-0.3, -0.25) is 9.36 Å². The summed E-state index contributed by atoms with van der Waals surface area (Å²) in [5.41, 5.74) is 1.15. The Hall–Kier alpha value is -3.59. The van der Waals surface area contributed by atoms with Gasteiger partial charge >= 0.3 is 6.18 Å². The van der Waals surface area contributed by atoms with Crippen molar-refractivity contribution in [1.29, 1.82) is 0 Å². The highest BCUT2D eigenvalue weighted by Gasteiger charge is 2.31. The molecule has 33 heavy (non-hydrogen) atoms. The van der Waals surface area contributed by atoms with E-state index in [0.717, 1.165) is 29.5 Å². The van der Waals surface area contributed by atoms with Crippen LogP contribution in [0.4, 0.5) is 13.2 Å². The van der Waals surface area contributed by atoms with Gasteiger partial charge in [0, 0.05) is 12.1 Å². The summed E-state index contributed by atoms with van der Waals surface area (Å²) >= 11 is 1.11. The van der Waals surface area contributed by atoms with Crippen LogP contribution in [0.15, 0.2) is 90.1 Å². The van der Waals surface area contributed by atoms with Gasteiger partial charge in [-0.15, -0.1) is 10.2 Å². The smallest absolute Gasteiger partial charge is 0.351 e. The molecule has 1 aromatic heterocycles. The van der Waals surface area contributed by atoms with Crippen LogP contribution in [0.5, 0.6) is 0 Å². The zero-order valence-corrected chi connectivity index (χ0v) is 18.1. The van der Waals surface area contributed by atoms with Gasteiger partial charge < -0.3 is 5.32 Å². The van der Waals surface area contributed by atoms with Crippen molar-refractivity contribution in [3.63, 3.8) is 0 Å². The Bertz CT molecular complexity index is 1230. The van der Waals surface area contributed by atoms with E-state index >= 15 is 0 Å². The number of carbonyl (C=O) groups excluding carboxylic acids is 1. The number of rotatable bonds is 7. The first-order chi connectivity index (χ1) is 15.9. The summed E-state index contributed by atoms with van der Waals surface area (Å²) in [7, 11) is 0. The first kappa shape index (κ1) is 22.6. The van der Waals surface area contributed by atoms with Crippen LogP contribution in [0.3, 0.4) is 0 Å². The number of benzene rings is 3. The molecule has 4 aromatic rings. The van der Waals surface area contributed by atoms with E-state index in [4.69, 9.17) is 0 Å². The lowest BCUT2D eigenvalue weighted by molar-refractivity contribution is -0.137. The molecule has 5 nitrogen and oxygen atoms in total. The van der Waals surface area contributed by atoms with Crippen LogP contribution in [-0.2, 0) is 17.5 Å². The minimum Gasteiger partial charge on any atom is -0.351 e. The maximum absolute atomic E-state index is 13.3. The quantitative estimate of drug-likeness (QED) is 0.371. The fourth-order valence-electron chi connectivity index (χ4n) is 3.17. The first-order valence-corrected chi connectivity index (χ1v) is 11.0. The number of thioether (sulfide) groups is 1. The van der Waals surface area contributed by atoms with Gasteiger partial charge in [0.1, 0.15) is 0 Å². The molecule has 0 aliphatic carbocycles. The Morgan fingerprint density at radius 3 is 2.30 bits per heavy atom. The minimum absolute atomic E-state index is 0.0404. The Kier molecular flexibility index (Phi) is 6.79. The van der Waals surface area contributed by atoms with Crippen LogP contribution in [-0.4, -0.2) is 26.4 Å². The normalized spacial score (nSPS) is 11.4. The zero-order valence-electron chi connectivity index (χ0n) is 17.3. The molecule has 1 amide bonds. The van der Waals surface area contributed by atoms with Gasteiger partial charge in [0.15, 0.2) is 11.0 Å². The largest absolute Gasteiger partial charge is 0.416 e. The van der Waals surface area contributed by atoms with Crippen LogP contribution in [0.25, 0.3) is 17.1 Å². The number of nitrogens with zero attached hydrogens (tertiary/aromatic N) is 3. The Balaban J connectivity index is 1.59. The number of alkyl halides is 3. The monoisotopic (exact) mass is 468 g/mol. The van der Waals surface area contributed by atoms with Crippen LogP contribution in [0.1, 0.15) is 11.1 Å². The predicted molar refractivity (Wildman–Crippen MR) is 121 cm³/mol. The van der Waals surface area contributed by atoms with Gasteiger partial charge in [0.2, 0.25) is 5.91 Å². The fraction of sp³-hybridized carbons (Fsp3) is 0.125. The minimum atomic E-state index is -4.48. The number of hydrogen-bond donors (Lipinski definition) is 1. The van der Waals surface area contributed by atoms with E-state index in [1.54, 1.807) is 22.8 Å². The lowest BCUT2D eigenvalue weighted by atomic mass is 10.1. The Morgan fingerprint density at radius 1 is 0.909 bits per heavy atom. The summed E-state index contributed by atoms with van der Waals surface area (Å²) in [4.78, 5) is 12.4. The van der Waals surface area contributed by atoms with Crippen molar-refractivity contribution in [1.82, 2.24) is 20.1 Å². The molecule has 0 unspecified atom stereocenters. The van der Waals surface area contributed by atoms with Crippen molar-refractivity contribution in [3.8, 4) is 17.1 Å². The van der Waals surface area contributed by atoms with E-state index in [0.29, 0.717) is 23.1 Å². The van der Waals surface area contributed by atoms with Crippen molar-refractivity contribution >= 4 is 17.7 Å². The lowest BCUT2D eigenvalue weighted by Gasteiger charge is -2.13. The molecule has 0 aliphatic heterocycles. The zero-order chi connectivity index (χ0) is 23.3. The van der Waals surface area contributed by atoms with E-state index in [9.17, 15) is 18.0 Å². The van der Waals surface area contributed by atoms with Crippen LogP contribution in [0, 0.1) is 0 Å². The van der Waals surface area contributed by atoms with Crippen molar-refractivity contribution in [2.24, 2.45) is 0 Å². The molecule has 0 spiro atoms. The summed E-state index contributed by atoms with van der Waals surface area (Å²) in [6, 6.07) is 23.5. The number of hydrogen-bond acceptors (Lipinski definition) is 4. The van der Waals surface area contributed by atoms with Gasteiger partial charge in [-0.25, -0.2) is 0 Å². The van der Waals surface area contributed by atoms with E-state index < -0.39 is 11.7 Å². The van der Waals surface area contributed by atoms with Gasteiger partial charge in [-0.2, -0.15) is 13.2 Å². The summed E-state index contributed by atoms with van der Waals surface area (Å²) in [6.45, 7) is 0.385. The first-order valence-electron chi connectivity index (χ1n) is 10.0. The second-order valence-corrected chi connectivity index (χ2v) is 8.05. The van der Waals surface area contributed by atoms with E-state index in [-0.39, 0.29) is 17.3 Å². The van der Waals surface area contributed by atoms with Crippen LogP contribution >= 0.6 is 11.8 Å². The molecule has 3 aromatic carbocycles. The topological polar surface area (TPSA) is 59.8 Å². The molecule has 168 valence electrons. The number of aromatic nitrogens is 3. The highest BCUT2D eigenvalue weighted by Crippen LogP contribution is 2.33. The number of carbonyl (C=O) groups is 1. The second kappa shape index (κ2) is 9.91. The lowest BCUT2D eigenvalue weighted by Crippen LogP contribution is -2.24. The van der Waals surface area contributed by atoms with Crippen LogP contribution < -0.4 is 5.32 Å². The Labute approximate surface area is 192 Å². The van der Waals surface area contributed by atoms with Crippen molar-refractivity contribution in [2.75, 3.05) is 5.75 Å². The highest BCUT2D eigenvalue weighted by molar-refractivity contribution is 7.99. The fourth-order valence-corrected chi connectivity index (χ4v) is 3.95. The third-order valence-electron chi connectivity index (χ3n) is 4.76. The molecule has 0 atom stereocenters. The number of nitrogens with one attached hydrogen (secondary N) is 1. The molecule has 0 saturated heterocycles. The predicted octanol–water partition coefficient (Wildman–Crippen LogP) is 5.36. The van der Waals surface area contributed by atoms with E-state index in [2.05, 4.69) is 15.5 Å². The van der Waals surface area contributed by atoms with Gasteiger partial charge in [-0.05, 0) is 23.8 Å². The average molecular weight is 469 g/mol. The SMILES string of the molecule is O=C(CSc1nnc(-c2ccccc2)n1-c1cccc(C(F)(F)F)c1)NCc1ccccc1. The van der Waals surface area contributed by atoms with Crippen molar-refractivity contribution < 1.29 is 18.0 Å². The molecular formula is C24H19F3N4OS. The van der Waals surface area contributed by atoms with Gasteiger partial charge in [0.05, 0.1) is 17.0 Å². The summed E-state index contributed by atoms with van der Waals surface area (Å²) in [6.07, 6.45) is -4.48. The molecule has 0 radical (unpaired) electrons. The van der Waals surface area contributed by atoms with Crippen LogP contribution in [0.2, 0.25) is 0 Å². The highest BCUT2D eigenvalue weighted by atomic mass is 32.2. The molecule has 0 saturated carbocycles. The molecule has 1 heterocycles. The molecule has 9 heteroatoms. The van der Waals surface area contributed by atoms with Crippen molar-refractivity contribution in [2.45, 2.75) is 17.9 Å². The second-order valence-electron chi connectivity index (χ2n) is 7.11. The standard InChI is InChI=1S/C24H19F3N4OS/c25-24(26,27)19-12-7-13-20(14-19)31-22(18-10-5-2-6-11-18)29-30-23(31)33-16-21(32)28-15-17-8-3-1-4-9-17/h1-14H,15-16H2,(H,28,32). The average Bonchev–Trinajstić information content (AvgIpc) is 3.26. The maximum atomic E-state index is 13.3. The third kappa shape index (κ3) is 5.61. The van der Waals surface area contributed by atoms with E-state index in [1.807, 2.05) is 48.5 Å². The molecule has 0 bridgehead atoms. The molecule has 1 N–H and O–H groups in total. The van der Waals surface area contributed by atoms with Gasteiger partial charge in [-0.1, -0.05) is 78.5 Å².